The Labute approximate surface area is 179 Å². The molecule has 29 heavy (non-hydrogen) atoms. The lowest BCUT2D eigenvalue weighted by atomic mass is 10.2. The highest BCUT2D eigenvalue weighted by molar-refractivity contribution is 7.97. The quantitative estimate of drug-likeness (QED) is 0.577. The normalized spacial score (nSPS) is 15.7. The van der Waals surface area contributed by atoms with Crippen molar-refractivity contribution in [2.45, 2.75) is 24.8 Å². The first kappa shape index (κ1) is 20.3. The second-order valence-corrected chi connectivity index (χ2v) is 9.79. The predicted molar refractivity (Wildman–Crippen MR) is 121 cm³/mol. The van der Waals surface area contributed by atoms with Gasteiger partial charge in [0, 0.05) is 50.0 Å². The molecule has 0 radical (unpaired) electrons. The molecule has 4 rings (SSSR count). The summed E-state index contributed by atoms with van der Waals surface area (Å²) in [6.45, 7) is 8.39. The van der Waals surface area contributed by atoms with Crippen molar-refractivity contribution in [2.75, 3.05) is 45.2 Å². The summed E-state index contributed by atoms with van der Waals surface area (Å²) in [4.78, 5) is 27.9. The van der Waals surface area contributed by atoms with Gasteiger partial charge in [0.25, 0.3) is 0 Å². The Morgan fingerprint density at radius 3 is 2.55 bits per heavy atom. The number of anilines is 1. The van der Waals surface area contributed by atoms with E-state index in [4.69, 9.17) is 4.98 Å². The van der Waals surface area contributed by atoms with Gasteiger partial charge in [0.05, 0.1) is 10.3 Å². The lowest BCUT2D eigenvalue weighted by molar-refractivity contribution is 0.209. The minimum Gasteiger partial charge on any atom is -0.354 e. The highest BCUT2D eigenvalue weighted by atomic mass is 32.2. The van der Waals surface area contributed by atoms with Crippen LogP contribution in [0.25, 0.3) is 16.2 Å². The van der Waals surface area contributed by atoms with Crippen LogP contribution in [0, 0.1) is 0 Å². The Hall–Kier alpha value is -1.94. The molecule has 0 atom stereocenters. The maximum atomic E-state index is 13.1. The lowest BCUT2D eigenvalue weighted by Gasteiger charge is -2.37. The Morgan fingerprint density at radius 1 is 1.17 bits per heavy atom. The van der Waals surface area contributed by atoms with Crippen molar-refractivity contribution in [1.29, 1.82) is 0 Å². The van der Waals surface area contributed by atoms with Crippen LogP contribution in [0.5, 0.6) is 0 Å². The zero-order valence-corrected chi connectivity index (χ0v) is 18.8. The summed E-state index contributed by atoms with van der Waals surface area (Å²) in [6, 6.07) is 4.45. The molecule has 1 aliphatic rings. The van der Waals surface area contributed by atoms with E-state index in [1.165, 1.54) is 23.3 Å². The molecule has 0 unspecified atom stereocenters. The summed E-state index contributed by atoms with van der Waals surface area (Å²) in [5.74, 6) is 0.915. The molecule has 3 aromatic heterocycles. The molecule has 154 valence electrons. The monoisotopic (exact) mass is 430 g/mol. The van der Waals surface area contributed by atoms with Gasteiger partial charge in [-0.2, -0.15) is 0 Å². The zero-order chi connectivity index (χ0) is 20.5. The summed E-state index contributed by atoms with van der Waals surface area (Å²) < 4.78 is 3.87. The second kappa shape index (κ2) is 8.43. The van der Waals surface area contributed by atoms with Crippen molar-refractivity contribution >= 4 is 40.1 Å². The number of piperazine rings is 1. The number of nitrogens with zero attached hydrogens (tertiary/aromatic N) is 6. The summed E-state index contributed by atoms with van der Waals surface area (Å²) in [7, 11) is 3.86. The predicted octanol–water partition coefficient (Wildman–Crippen LogP) is 2.94. The van der Waals surface area contributed by atoms with E-state index < -0.39 is 0 Å². The van der Waals surface area contributed by atoms with Gasteiger partial charge >= 0.3 is 0 Å². The molecular weight excluding hydrogens is 404 g/mol. The topological polar surface area (TPSA) is 57.5 Å². The van der Waals surface area contributed by atoms with Crippen molar-refractivity contribution in [1.82, 2.24) is 23.7 Å². The number of rotatable bonds is 5. The van der Waals surface area contributed by atoms with E-state index in [0.29, 0.717) is 22.0 Å². The summed E-state index contributed by atoms with van der Waals surface area (Å²) in [6.07, 6.45) is 3.64. The third-order valence-electron chi connectivity index (χ3n) is 5.08. The van der Waals surface area contributed by atoms with Crippen LogP contribution in [0.3, 0.4) is 0 Å². The van der Waals surface area contributed by atoms with Crippen LogP contribution in [-0.2, 0) is 0 Å². The molecule has 1 saturated heterocycles. The maximum absolute atomic E-state index is 13.1. The first-order valence-corrected chi connectivity index (χ1v) is 11.4. The van der Waals surface area contributed by atoms with E-state index in [1.54, 1.807) is 6.20 Å². The molecule has 1 aliphatic heterocycles. The zero-order valence-electron chi connectivity index (χ0n) is 17.2. The van der Waals surface area contributed by atoms with Crippen molar-refractivity contribution in [3.8, 4) is 5.13 Å². The molecular formula is C20H26N6OS2. The minimum absolute atomic E-state index is 0.00943. The van der Waals surface area contributed by atoms with E-state index >= 15 is 0 Å². The van der Waals surface area contributed by atoms with Gasteiger partial charge in [-0.05, 0) is 52.0 Å². The number of hydrogen-bond donors (Lipinski definition) is 0. The molecule has 3 aromatic rings. The van der Waals surface area contributed by atoms with E-state index in [-0.39, 0.29) is 5.43 Å². The van der Waals surface area contributed by atoms with Gasteiger partial charge in [-0.15, -0.1) is 11.3 Å². The van der Waals surface area contributed by atoms with Crippen molar-refractivity contribution < 1.29 is 0 Å². The fourth-order valence-electron chi connectivity index (χ4n) is 3.55. The van der Waals surface area contributed by atoms with Gasteiger partial charge in [-0.1, -0.05) is 0 Å². The SMILES string of the molecule is CC(C)N1CCN(c2ccc3c(=O)c(SN(C)C)cn(-c4nccs4)c3n2)CC1. The van der Waals surface area contributed by atoms with Gasteiger partial charge in [0.1, 0.15) is 5.82 Å². The van der Waals surface area contributed by atoms with Crippen molar-refractivity contribution in [3.63, 3.8) is 0 Å². The summed E-state index contributed by atoms with van der Waals surface area (Å²) >= 11 is 2.96. The number of thiazole rings is 1. The summed E-state index contributed by atoms with van der Waals surface area (Å²) in [5, 5.41) is 3.37. The highest BCUT2D eigenvalue weighted by Gasteiger charge is 2.21. The average Bonchev–Trinajstić information content (AvgIpc) is 3.24. The van der Waals surface area contributed by atoms with Crippen LogP contribution in [0.15, 0.2) is 39.6 Å². The molecule has 7 nitrogen and oxygen atoms in total. The average molecular weight is 431 g/mol. The first-order chi connectivity index (χ1) is 13.9. The molecule has 0 amide bonds. The van der Waals surface area contributed by atoms with E-state index in [0.717, 1.165) is 37.1 Å². The molecule has 0 N–H and O–H groups in total. The molecule has 9 heteroatoms. The Bertz CT molecular complexity index is 1040. The Balaban J connectivity index is 1.78. The second-order valence-electron chi connectivity index (χ2n) is 7.57. The minimum atomic E-state index is 0.00943. The summed E-state index contributed by atoms with van der Waals surface area (Å²) in [5.41, 5.74) is 0.673. The van der Waals surface area contributed by atoms with Crippen LogP contribution in [0.2, 0.25) is 0 Å². The lowest BCUT2D eigenvalue weighted by Crippen LogP contribution is -2.49. The van der Waals surface area contributed by atoms with Gasteiger partial charge < -0.3 is 4.90 Å². The number of fused-ring (bicyclic) bond motifs is 1. The standard InChI is InChI=1S/C20H26N6OS2/c1-14(2)24-8-10-25(11-9-24)17-6-5-15-18(27)16(29-23(3)4)13-26(19(15)22-17)20-21-7-12-28-20/h5-7,12-14H,8-11H2,1-4H3. The smallest absolute Gasteiger partial charge is 0.205 e. The van der Waals surface area contributed by atoms with Crippen molar-refractivity contribution in [3.05, 3.63) is 40.1 Å². The van der Waals surface area contributed by atoms with Crippen LogP contribution < -0.4 is 10.3 Å². The third kappa shape index (κ3) is 4.18. The Kier molecular flexibility index (Phi) is 5.91. The number of aromatic nitrogens is 3. The van der Waals surface area contributed by atoms with Crippen LogP contribution in [0.4, 0.5) is 5.82 Å². The third-order valence-corrected chi connectivity index (χ3v) is 6.70. The van der Waals surface area contributed by atoms with Crippen LogP contribution >= 0.6 is 23.3 Å². The van der Waals surface area contributed by atoms with E-state index in [9.17, 15) is 4.79 Å². The van der Waals surface area contributed by atoms with E-state index in [2.05, 4.69) is 28.6 Å². The molecule has 0 spiro atoms. The molecule has 4 heterocycles. The molecule has 1 fully saturated rings. The van der Waals surface area contributed by atoms with Gasteiger partial charge in [0.2, 0.25) is 5.43 Å². The van der Waals surface area contributed by atoms with E-state index in [1.807, 2.05) is 46.7 Å². The van der Waals surface area contributed by atoms with Crippen LogP contribution in [0.1, 0.15) is 13.8 Å². The van der Waals surface area contributed by atoms with Gasteiger partial charge in [-0.3, -0.25) is 18.6 Å². The fraction of sp³-hybridized carbons (Fsp3) is 0.450. The highest BCUT2D eigenvalue weighted by Crippen LogP contribution is 2.25. The molecule has 0 aromatic carbocycles. The van der Waals surface area contributed by atoms with Gasteiger partial charge in [0.15, 0.2) is 10.8 Å². The fourth-order valence-corrected chi connectivity index (χ4v) is 4.91. The maximum Gasteiger partial charge on any atom is 0.205 e. The molecule has 0 bridgehead atoms. The number of pyridine rings is 2. The Morgan fingerprint density at radius 2 is 1.93 bits per heavy atom. The van der Waals surface area contributed by atoms with Crippen molar-refractivity contribution in [2.24, 2.45) is 0 Å². The number of hydrogen-bond acceptors (Lipinski definition) is 8. The van der Waals surface area contributed by atoms with Gasteiger partial charge in [-0.25, -0.2) is 9.97 Å². The first-order valence-electron chi connectivity index (χ1n) is 9.74. The van der Waals surface area contributed by atoms with Crippen LogP contribution in [-0.4, -0.2) is 70.1 Å². The molecule has 0 saturated carbocycles. The largest absolute Gasteiger partial charge is 0.354 e. The molecule has 0 aliphatic carbocycles.